The lowest BCUT2D eigenvalue weighted by Crippen LogP contribution is -2.34. The topological polar surface area (TPSA) is 149 Å². The zero-order valence-electron chi connectivity index (χ0n) is 15.8. The SMILES string of the molecule is CC(Nc1cnc(C(N)=O)c(Nc2cnc3cc(F)ccc3c2)n1)C(C)C(N)=O. The molecule has 0 fully saturated rings. The van der Waals surface area contributed by atoms with Gasteiger partial charge in [0.1, 0.15) is 11.6 Å². The van der Waals surface area contributed by atoms with Crippen molar-refractivity contribution in [1.29, 1.82) is 0 Å². The summed E-state index contributed by atoms with van der Waals surface area (Å²) in [6.45, 7) is 3.46. The lowest BCUT2D eigenvalue weighted by molar-refractivity contribution is -0.121. The molecule has 0 aliphatic rings. The van der Waals surface area contributed by atoms with E-state index in [0.29, 0.717) is 22.4 Å². The van der Waals surface area contributed by atoms with Gasteiger partial charge in [-0.15, -0.1) is 0 Å². The average Bonchev–Trinajstić information content (AvgIpc) is 2.67. The first-order valence-corrected chi connectivity index (χ1v) is 8.79. The van der Waals surface area contributed by atoms with Gasteiger partial charge >= 0.3 is 0 Å². The Kier molecular flexibility index (Phi) is 5.53. The van der Waals surface area contributed by atoms with Gasteiger partial charge in [0, 0.05) is 17.5 Å². The average molecular weight is 397 g/mol. The molecule has 150 valence electrons. The molecule has 2 aromatic heterocycles. The maximum absolute atomic E-state index is 13.3. The number of carbonyl (C=O) groups excluding carboxylic acids is 2. The summed E-state index contributed by atoms with van der Waals surface area (Å²) >= 11 is 0. The number of nitrogens with zero attached hydrogens (tertiary/aromatic N) is 3. The number of halogens is 1. The van der Waals surface area contributed by atoms with Crippen LogP contribution in [-0.2, 0) is 4.79 Å². The Morgan fingerprint density at radius 3 is 2.55 bits per heavy atom. The first-order valence-electron chi connectivity index (χ1n) is 8.79. The molecule has 2 unspecified atom stereocenters. The molecule has 2 amide bonds. The molecule has 0 aliphatic carbocycles. The zero-order chi connectivity index (χ0) is 21.1. The predicted molar refractivity (Wildman–Crippen MR) is 107 cm³/mol. The summed E-state index contributed by atoms with van der Waals surface area (Å²) in [5, 5.41) is 6.69. The molecule has 0 bridgehead atoms. The van der Waals surface area contributed by atoms with Crippen LogP contribution in [0, 0.1) is 11.7 Å². The van der Waals surface area contributed by atoms with Gasteiger partial charge in [-0.05, 0) is 25.1 Å². The molecule has 0 saturated carbocycles. The fourth-order valence-electron chi connectivity index (χ4n) is 2.63. The number of aromatic nitrogens is 3. The summed E-state index contributed by atoms with van der Waals surface area (Å²) in [5.74, 6) is -1.61. The van der Waals surface area contributed by atoms with E-state index in [1.807, 2.05) is 0 Å². The number of hydrogen-bond donors (Lipinski definition) is 4. The van der Waals surface area contributed by atoms with Crippen molar-refractivity contribution in [2.75, 3.05) is 10.6 Å². The third-order valence-corrected chi connectivity index (χ3v) is 4.49. The van der Waals surface area contributed by atoms with Gasteiger partial charge in [-0.3, -0.25) is 14.6 Å². The number of nitrogens with one attached hydrogen (secondary N) is 2. The second-order valence-electron chi connectivity index (χ2n) is 6.63. The van der Waals surface area contributed by atoms with Crippen molar-refractivity contribution >= 4 is 40.0 Å². The Balaban J connectivity index is 1.91. The first kappa shape index (κ1) is 19.9. The van der Waals surface area contributed by atoms with Crippen molar-refractivity contribution in [3.05, 3.63) is 48.2 Å². The van der Waals surface area contributed by atoms with Gasteiger partial charge in [0.05, 0.1) is 29.5 Å². The Bertz CT molecular complexity index is 1090. The van der Waals surface area contributed by atoms with Crippen LogP contribution in [0.2, 0.25) is 0 Å². The number of pyridine rings is 1. The van der Waals surface area contributed by atoms with E-state index in [1.165, 1.54) is 24.5 Å². The van der Waals surface area contributed by atoms with Gasteiger partial charge in [-0.2, -0.15) is 0 Å². The number of rotatable bonds is 7. The minimum atomic E-state index is -0.763. The molecule has 2 heterocycles. The van der Waals surface area contributed by atoms with E-state index in [9.17, 15) is 14.0 Å². The standard InChI is InChI=1S/C19H20FN7O2/c1-9(17(21)28)10(2)25-15-8-24-16(18(22)29)19(27-15)26-13-5-11-3-4-12(20)6-14(11)23-7-13/h3-10H,1-2H3,(H2,21,28)(H2,22,29)(H2,25,26,27). The van der Waals surface area contributed by atoms with Crippen LogP contribution in [0.15, 0.2) is 36.7 Å². The number of primary amides is 2. The third-order valence-electron chi connectivity index (χ3n) is 4.49. The number of anilines is 3. The van der Waals surface area contributed by atoms with Crippen molar-refractivity contribution in [1.82, 2.24) is 15.0 Å². The molecular weight excluding hydrogens is 377 g/mol. The smallest absolute Gasteiger partial charge is 0.271 e. The van der Waals surface area contributed by atoms with Crippen LogP contribution in [0.5, 0.6) is 0 Å². The van der Waals surface area contributed by atoms with E-state index in [4.69, 9.17) is 11.5 Å². The lowest BCUT2D eigenvalue weighted by atomic mass is 10.0. The Morgan fingerprint density at radius 2 is 1.86 bits per heavy atom. The summed E-state index contributed by atoms with van der Waals surface area (Å²) in [5.41, 5.74) is 11.7. The molecule has 9 nitrogen and oxygen atoms in total. The van der Waals surface area contributed by atoms with E-state index < -0.39 is 17.7 Å². The molecule has 2 atom stereocenters. The molecular formula is C19H20FN7O2. The van der Waals surface area contributed by atoms with Gasteiger partial charge in [0.2, 0.25) is 5.91 Å². The highest BCUT2D eigenvalue weighted by atomic mass is 19.1. The fourth-order valence-corrected chi connectivity index (χ4v) is 2.63. The number of fused-ring (bicyclic) bond motifs is 1. The number of benzene rings is 1. The van der Waals surface area contributed by atoms with Crippen molar-refractivity contribution in [2.45, 2.75) is 19.9 Å². The van der Waals surface area contributed by atoms with Crippen LogP contribution in [0.4, 0.5) is 21.7 Å². The fraction of sp³-hybridized carbons (Fsp3) is 0.211. The highest BCUT2D eigenvalue weighted by Gasteiger charge is 2.19. The van der Waals surface area contributed by atoms with Gasteiger partial charge in [0.15, 0.2) is 11.5 Å². The third kappa shape index (κ3) is 4.54. The first-order chi connectivity index (χ1) is 13.7. The summed E-state index contributed by atoms with van der Waals surface area (Å²) in [7, 11) is 0. The Labute approximate surface area is 165 Å². The highest BCUT2D eigenvalue weighted by molar-refractivity contribution is 5.96. The molecule has 6 N–H and O–H groups in total. The Hall–Kier alpha value is -3.82. The van der Waals surface area contributed by atoms with Gasteiger partial charge in [0.25, 0.3) is 5.91 Å². The highest BCUT2D eigenvalue weighted by Crippen LogP contribution is 2.23. The minimum absolute atomic E-state index is 0.0645. The molecule has 1 aromatic carbocycles. The predicted octanol–water partition coefficient (Wildman–Crippen LogP) is 1.93. The summed E-state index contributed by atoms with van der Waals surface area (Å²) < 4.78 is 13.3. The van der Waals surface area contributed by atoms with E-state index in [-0.39, 0.29) is 23.4 Å². The van der Waals surface area contributed by atoms with E-state index >= 15 is 0 Å². The quantitative estimate of drug-likeness (QED) is 0.476. The molecule has 0 saturated heterocycles. The number of hydrogen-bond acceptors (Lipinski definition) is 7. The monoisotopic (exact) mass is 397 g/mol. The summed E-state index contributed by atoms with van der Waals surface area (Å²) in [6.07, 6.45) is 2.82. The van der Waals surface area contributed by atoms with Crippen molar-refractivity contribution in [2.24, 2.45) is 17.4 Å². The van der Waals surface area contributed by atoms with Crippen LogP contribution in [-0.4, -0.2) is 32.8 Å². The number of carbonyl (C=O) groups is 2. The zero-order valence-corrected chi connectivity index (χ0v) is 15.8. The Morgan fingerprint density at radius 1 is 1.10 bits per heavy atom. The van der Waals surface area contributed by atoms with Crippen molar-refractivity contribution < 1.29 is 14.0 Å². The number of nitrogens with two attached hydrogens (primary N) is 2. The minimum Gasteiger partial charge on any atom is -0.369 e. The van der Waals surface area contributed by atoms with Gasteiger partial charge in [-0.25, -0.2) is 14.4 Å². The molecule has 0 aliphatic heterocycles. The van der Waals surface area contributed by atoms with Crippen LogP contribution < -0.4 is 22.1 Å². The second-order valence-corrected chi connectivity index (χ2v) is 6.63. The maximum Gasteiger partial charge on any atom is 0.271 e. The van der Waals surface area contributed by atoms with Gasteiger partial charge < -0.3 is 22.1 Å². The molecule has 3 rings (SSSR count). The van der Waals surface area contributed by atoms with Crippen LogP contribution in [0.3, 0.4) is 0 Å². The van der Waals surface area contributed by atoms with Crippen molar-refractivity contribution in [3.63, 3.8) is 0 Å². The van der Waals surface area contributed by atoms with Crippen LogP contribution in [0.1, 0.15) is 24.3 Å². The van der Waals surface area contributed by atoms with Crippen LogP contribution >= 0.6 is 0 Å². The normalized spacial score (nSPS) is 12.9. The molecule has 0 spiro atoms. The van der Waals surface area contributed by atoms with E-state index in [0.717, 1.165) is 0 Å². The number of amides is 2. The van der Waals surface area contributed by atoms with E-state index in [2.05, 4.69) is 25.6 Å². The summed E-state index contributed by atoms with van der Waals surface area (Å²) in [6, 6.07) is 5.65. The van der Waals surface area contributed by atoms with E-state index in [1.54, 1.807) is 26.0 Å². The van der Waals surface area contributed by atoms with Crippen LogP contribution in [0.25, 0.3) is 10.9 Å². The molecule has 29 heavy (non-hydrogen) atoms. The second kappa shape index (κ2) is 8.05. The van der Waals surface area contributed by atoms with Gasteiger partial charge in [-0.1, -0.05) is 6.92 Å². The lowest BCUT2D eigenvalue weighted by Gasteiger charge is -2.19. The largest absolute Gasteiger partial charge is 0.369 e. The molecule has 0 radical (unpaired) electrons. The molecule has 3 aromatic rings. The molecule has 10 heteroatoms. The summed E-state index contributed by atoms with van der Waals surface area (Å²) in [4.78, 5) is 35.7. The van der Waals surface area contributed by atoms with Crippen molar-refractivity contribution in [3.8, 4) is 0 Å². The maximum atomic E-state index is 13.3.